The minimum absolute atomic E-state index is 0.0964. The molecule has 0 unspecified atom stereocenters. The Bertz CT molecular complexity index is 340. The highest BCUT2D eigenvalue weighted by atomic mass is 19.4. The summed E-state index contributed by atoms with van der Waals surface area (Å²) in [6.45, 7) is -1.49. The number of rotatable bonds is 3. The first-order valence-electron chi connectivity index (χ1n) is 4.33. The molecule has 1 rings (SSSR count). The molecule has 1 amide bonds. The van der Waals surface area contributed by atoms with Crippen LogP contribution in [0.15, 0.2) is 24.5 Å². The Hall–Kier alpha value is -1.79. The average molecular weight is 234 g/mol. The number of nitrogens with zero attached hydrogens (tertiary/aromatic N) is 1. The SMILES string of the molecule is O=C(NCc1ccncc1)OCC(F)(F)F. The summed E-state index contributed by atoms with van der Waals surface area (Å²) in [6, 6.07) is 3.26. The van der Waals surface area contributed by atoms with Crippen molar-refractivity contribution in [1.29, 1.82) is 0 Å². The fourth-order valence-electron chi connectivity index (χ4n) is 0.873. The molecular weight excluding hydrogens is 225 g/mol. The summed E-state index contributed by atoms with van der Waals surface area (Å²) in [4.78, 5) is 14.6. The Labute approximate surface area is 89.4 Å². The lowest BCUT2D eigenvalue weighted by molar-refractivity contribution is -0.160. The predicted molar refractivity (Wildman–Crippen MR) is 48.5 cm³/mol. The van der Waals surface area contributed by atoms with E-state index in [1.54, 1.807) is 12.1 Å². The average Bonchev–Trinajstić information content (AvgIpc) is 2.24. The Kier molecular flexibility index (Phi) is 4.10. The van der Waals surface area contributed by atoms with E-state index >= 15 is 0 Å². The molecule has 0 aliphatic heterocycles. The summed E-state index contributed by atoms with van der Waals surface area (Å²) in [6.07, 6.45) is -2.58. The van der Waals surface area contributed by atoms with Crippen LogP contribution in [0.4, 0.5) is 18.0 Å². The Morgan fingerprint density at radius 2 is 2.00 bits per heavy atom. The standard InChI is InChI=1S/C9H9F3N2O2/c10-9(11,12)6-16-8(15)14-5-7-1-3-13-4-2-7/h1-4H,5-6H2,(H,14,15). The fraction of sp³-hybridized carbons (Fsp3) is 0.333. The van der Waals surface area contributed by atoms with Crippen molar-refractivity contribution in [1.82, 2.24) is 10.3 Å². The van der Waals surface area contributed by atoms with E-state index in [0.29, 0.717) is 0 Å². The number of ether oxygens (including phenoxy) is 1. The van der Waals surface area contributed by atoms with E-state index in [4.69, 9.17) is 0 Å². The van der Waals surface area contributed by atoms with E-state index < -0.39 is 18.9 Å². The molecule has 16 heavy (non-hydrogen) atoms. The van der Waals surface area contributed by atoms with E-state index in [2.05, 4.69) is 15.0 Å². The van der Waals surface area contributed by atoms with Crippen molar-refractivity contribution in [3.8, 4) is 0 Å². The lowest BCUT2D eigenvalue weighted by Gasteiger charge is -2.08. The number of halogens is 3. The maximum atomic E-state index is 11.7. The maximum Gasteiger partial charge on any atom is 0.422 e. The van der Waals surface area contributed by atoms with Gasteiger partial charge in [-0.05, 0) is 17.7 Å². The van der Waals surface area contributed by atoms with Gasteiger partial charge in [-0.1, -0.05) is 0 Å². The smallest absolute Gasteiger partial charge is 0.422 e. The van der Waals surface area contributed by atoms with Crippen LogP contribution in [-0.2, 0) is 11.3 Å². The van der Waals surface area contributed by atoms with Crippen LogP contribution < -0.4 is 5.32 Å². The monoisotopic (exact) mass is 234 g/mol. The highest BCUT2D eigenvalue weighted by Gasteiger charge is 2.29. The molecule has 1 N–H and O–H groups in total. The summed E-state index contributed by atoms with van der Waals surface area (Å²) in [5.74, 6) is 0. The molecule has 0 saturated carbocycles. The molecule has 0 spiro atoms. The molecule has 0 saturated heterocycles. The number of carbonyl (C=O) groups is 1. The largest absolute Gasteiger partial charge is 0.440 e. The first-order valence-corrected chi connectivity index (χ1v) is 4.33. The van der Waals surface area contributed by atoms with Crippen LogP contribution in [0.25, 0.3) is 0 Å². The Morgan fingerprint density at radius 3 is 2.56 bits per heavy atom. The van der Waals surface area contributed by atoms with Gasteiger partial charge >= 0.3 is 12.3 Å². The van der Waals surface area contributed by atoms with Crippen LogP contribution in [0.1, 0.15) is 5.56 Å². The third-order valence-electron chi connectivity index (χ3n) is 1.55. The predicted octanol–water partition coefficient (Wildman–Crippen LogP) is 1.87. The molecule has 4 nitrogen and oxygen atoms in total. The summed E-state index contributed by atoms with van der Waals surface area (Å²) >= 11 is 0. The zero-order valence-corrected chi connectivity index (χ0v) is 8.12. The second kappa shape index (κ2) is 5.34. The number of amides is 1. The number of alkyl halides is 3. The molecule has 0 aromatic carbocycles. The topological polar surface area (TPSA) is 51.2 Å². The lowest BCUT2D eigenvalue weighted by Crippen LogP contribution is -2.28. The first kappa shape index (κ1) is 12.3. The fourth-order valence-corrected chi connectivity index (χ4v) is 0.873. The molecule has 1 heterocycles. The second-order valence-corrected chi connectivity index (χ2v) is 2.90. The van der Waals surface area contributed by atoms with E-state index in [1.807, 2.05) is 0 Å². The maximum absolute atomic E-state index is 11.7. The molecule has 1 aromatic rings. The second-order valence-electron chi connectivity index (χ2n) is 2.90. The summed E-state index contributed by atoms with van der Waals surface area (Å²) in [5.41, 5.74) is 0.721. The highest BCUT2D eigenvalue weighted by molar-refractivity contribution is 5.67. The van der Waals surface area contributed by atoms with Crippen LogP contribution in [0.2, 0.25) is 0 Å². The molecule has 7 heteroatoms. The van der Waals surface area contributed by atoms with Crippen molar-refractivity contribution in [2.45, 2.75) is 12.7 Å². The summed E-state index contributed by atoms with van der Waals surface area (Å²) in [5, 5.41) is 2.18. The molecule has 0 aliphatic carbocycles. The molecule has 0 fully saturated rings. The highest BCUT2D eigenvalue weighted by Crippen LogP contribution is 2.14. The van der Waals surface area contributed by atoms with Crippen molar-refractivity contribution in [2.75, 3.05) is 6.61 Å². The first-order chi connectivity index (χ1) is 7.47. The zero-order chi connectivity index (χ0) is 12.0. The molecule has 88 valence electrons. The van der Waals surface area contributed by atoms with Gasteiger partial charge in [0.15, 0.2) is 6.61 Å². The third-order valence-corrected chi connectivity index (χ3v) is 1.55. The molecule has 0 atom stereocenters. The number of aromatic nitrogens is 1. The van der Waals surface area contributed by atoms with Gasteiger partial charge in [0.25, 0.3) is 0 Å². The van der Waals surface area contributed by atoms with Gasteiger partial charge in [0, 0.05) is 18.9 Å². The molecule has 0 radical (unpaired) electrons. The number of nitrogens with one attached hydrogen (secondary N) is 1. The van der Waals surface area contributed by atoms with Gasteiger partial charge < -0.3 is 10.1 Å². The van der Waals surface area contributed by atoms with E-state index in [9.17, 15) is 18.0 Å². The van der Waals surface area contributed by atoms with Gasteiger partial charge in [-0.3, -0.25) is 4.98 Å². The van der Waals surface area contributed by atoms with Gasteiger partial charge in [-0.15, -0.1) is 0 Å². The Morgan fingerprint density at radius 1 is 1.38 bits per heavy atom. The number of hydrogen-bond donors (Lipinski definition) is 1. The Balaban J connectivity index is 2.26. The van der Waals surface area contributed by atoms with Gasteiger partial charge in [0.05, 0.1) is 0 Å². The minimum Gasteiger partial charge on any atom is -0.440 e. The van der Waals surface area contributed by atoms with Gasteiger partial charge in [-0.25, -0.2) is 4.79 Å². The van der Waals surface area contributed by atoms with E-state index in [0.717, 1.165) is 5.56 Å². The van der Waals surface area contributed by atoms with Crippen molar-refractivity contribution < 1.29 is 22.7 Å². The van der Waals surface area contributed by atoms with Crippen LogP contribution in [0.5, 0.6) is 0 Å². The number of hydrogen-bond acceptors (Lipinski definition) is 3. The molecule has 1 aromatic heterocycles. The summed E-state index contributed by atoms with van der Waals surface area (Å²) in [7, 11) is 0. The van der Waals surface area contributed by atoms with Crippen molar-refractivity contribution >= 4 is 6.09 Å². The lowest BCUT2D eigenvalue weighted by atomic mass is 10.3. The summed E-state index contributed by atoms with van der Waals surface area (Å²) < 4.78 is 38.9. The third kappa shape index (κ3) is 5.18. The molecular formula is C9H9F3N2O2. The zero-order valence-electron chi connectivity index (χ0n) is 8.12. The molecule has 0 bridgehead atoms. The number of carbonyl (C=O) groups excluding carboxylic acids is 1. The van der Waals surface area contributed by atoms with E-state index in [-0.39, 0.29) is 6.54 Å². The van der Waals surface area contributed by atoms with Crippen molar-refractivity contribution in [3.05, 3.63) is 30.1 Å². The van der Waals surface area contributed by atoms with Crippen molar-refractivity contribution in [2.24, 2.45) is 0 Å². The van der Waals surface area contributed by atoms with Gasteiger partial charge in [-0.2, -0.15) is 13.2 Å². The van der Waals surface area contributed by atoms with Crippen LogP contribution in [-0.4, -0.2) is 23.9 Å². The normalized spacial score (nSPS) is 10.9. The minimum atomic E-state index is -4.51. The van der Waals surface area contributed by atoms with Crippen LogP contribution >= 0.6 is 0 Å². The number of pyridine rings is 1. The quantitative estimate of drug-likeness (QED) is 0.868. The molecule has 0 aliphatic rings. The van der Waals surface area contributed by atoms with Crippen LogP contribution in [0.3, 0.4) is 0 Å². The van der Waals surface area contributed by atoms with E-state index in [1.165, 1.54) is 12.4 Å². The van der Waals surface area contributed by atoms with Gasteiger partial charge in [0.2, 0.25) is 0 Å². The number of alkyl carbamates (subject to hydrolysis) is 1. The van der Waals surface area contributed by atoms with Crippen molar-refractivity contribution in [3.63, 3.8) is 0 Å². The van der Waals surface area contributed by atoms with Crippen LogP contribution in [0, 0.1) is 0 Å². The van der Waals surface area contributed by atoms with Gasteiger partial charge in [0.1, 0.15) is 0 Å².